The Hall–Kier alpha value is -3.16. The second-order valence-corrected chi connectivity index (χ2v) is 8.74. The molecule has 0 radical (unpaired) electrons. The summed E-state index contributed by atoms with van der Waals surface area (Å²) in [5.74, 6) is -0.0853. The average Bonchev–Trinajstić information content (AvgIpc) is 3.19. The van der Waals surface area contributed by atoms with E-state index in [1.54, 1.807) is 10.9 Å². The van der Waals surface area contributed by atoms with Crippen LogP contribution in [0.15, 0.2) is 41.3 Å². The Morgan fingerprint density at radius 3 is 2.37 bits per heavy atom. The van der Waals surface area contributed by atoms with Crippen molar-refractivity contribution in [1.82, 2.24) is 24.5 Å². The number of para-hydroxylation sites is 1. The maximum Gasteiger partial charge on any atom is 0.293 e. The number of fused-ring (bicyclic) bond motifs is 1. The van der Waals surface area contributed by atoms with Crippen molar-refractivity contribution < 1.29 is 4.79 Å². The van der Waals surface area contributed by atoms with E-state index in [9.17, 15) is 9.59 Å². The van der Waals surface area contributed by atoms with Gasteiger partial charge in [-0.25, -0.2) is 4.68 Å². The first kappa shape index (κ1) is 20.1. The number of hydrogen-bond acceptors (Lipinski definition) is 5. The fourth-order valence-electron chi connectivity index (χ4n) is 3.92. The van der Waals surface area contributed by atoms with E-state index < -0.39 is 0 Å². The normalized spacial score (nSPS) is 15.1. The van der Waals surface area contributed by atoms with E-state index in [-0.39, 0.29) is 23.6 Å². The third-order valence-corrected chi connectivity index (χ3v) is 5.54. The minimum absolute atomic E-state index is 0.0593. The monoisotopic (exact) mass is 408 g/mol. The van der Waals surface area contributed by atoms with Crippen LogP contribution in [0, 0.1) is 6.92 Å². The quantitative estimate of drug-likeness (QED) is 0.663. The Bertz CT molecular complexity index is 1120. The van der Waals surface area contributed by atoms with Crippen LogP contribution in [0.5, 0.6) is 0 Å². The fourth-order valence-corrected chi connectivity index (χ4v) is 3.92. The molecular formula is C22H28N6O2. The smallest absolute Gasteiger partial charge is 0.293 e. The number of rotatable bonds is 3. The molecule has 0 bridgehead atoms. The summed E-state index contributed by atoms with van der Waals surface area (Å²) in [5.41, 5.74) is 1.74. The van der Waals surface area contributed by atoms with Crippen molar-refractivity contribution >= 4 is 22.5 Å². The molecule has 1 fully saturated rings. The van der Waals surface area contributed by atoms with Gasteiger partial charge in [-0.2, -0.15) is 10.2 Å². The number of anilines is 1. The van der Waals surface area contributed by atoms with Crippen LogP contribution in [0.25, 0.3) is 10.9 Å². The summed E-state index contributed by atoms with van der Waals surface area (Å²) in [6, 6.07) is 10.2. The standard InChI is InChI=1S/C22H28N6O2/c1-16-18-14-23-28(22(2,3)4)20(18)21(30)27(24-16)15-19(29)26-12-10-25(11-13-26)17-8-6-5-7-9-17/h5-9,14H,10-13,15H2,1-4H3. The molecule has 1 aliphatic rings. The second-order valence-electron chi connectivity index (χ2n) is 8.74. The Morgan fingerprint density at radius 2 is 1.73 bits per heavy atom. The highest BCUT2D eigenvalue weighted by Crippen LogP contribution is 2.20. The molecule has 3 aromatic rings. The lowest BCUT2D eigenvalue weighted by atomic mass is 10.1. The first-order valence-corrected chi connectivity index (χ1v) is 10.3. The average molecular weight is 409 g/mol. The van der Waals surface area contributed by atoms with Gasteiger partial charge >= 0.3 is 0 Å². The van der Waals surface area contributed by atoms with Crippen LogP contribution in [0.2, 0.25) is 0 Å². The van der Waals surface area contributed by atoms with Gasteiger partial charge in [-0.15, -0.1) is 0 Å². The highest BCUT2D eigenvalue weighted by atomic mass is 16.2. The molecule has 1 saturated heterocycles. The van der Waals surface area contributed by atoms with Crippen LogP contribution in [0.4, 0.5) is 5.69 Å². The molecule has 0 atom stereocenters. The van der Waals surface area contributed by atoms with Crippen molar-refractivity contribution in [3.8, 4) is 0 Å². The molecular weight excluding hydrogens is 380 g/mol. The molecule has 0 aliphatic carbocycles. The molecule has 1 aliphatic heterocycles. The van der Waals surface area contributed by atoms with E-state index in [0.717, 1.165) is 18.5 Å². The Morgan fingerprint density at radius 1 is 1.07 bits per heavy atom. The molecule has 30 heavy (non-hydrogen) atoms. The van der Waals surface area contributed by atoms with Crippen LogP contribution >= 0.6 is 0 Å². The second kappa shape index (κ2) is 7.59. The summed E-state index contributed by atoms with van der Waals surface area (Å²) >= 11 is 0. The van der Waals surface area contributed by atoms with Gasteiger partial charge in [0.05, 0.1) is 17.4 Å². The summed E-state index contributed by atoms with van der Waals surface area (Å²) in [5, 5.41) is 9.52. The van der Waals surface area contributed by atoms with Gasteiger partial charge in [0.1, 0.15) is 12.1 Å². The van der Waals surface area contributed by atoms with Crippen LogP contribution < -0.4 is 10.5 Å². The summed E-state index contributed by atoms with van der Waals surface area (Å²) < 4.78 is 3.01. The van der Waals surface area contributed by atoms with Gasteiger partial charge in [0, 0.05) is 37.3 Å². The predicted molar refractivity (Wildman–Crippen MR) is 117 cm³/mol. The number of piperazine rings is 1. The van der Waals surface area contributed by atoms with Crippen molar-refractivity contribution in [2.75, 3.05) is 31.1 Å². The molecule has 0 N–H and O–H groups in total. The third kappa shape index (κ3) is 3.69. The number of hydrogen-bond donors (Lipinski definition) is 0. The van der Waals surface area contributed by atoms with Gasteiger partial charge in [0.25, 0.3) is 5.56 Å². The lowest BCUT2D eigenvalue weighted by Gasteiger charge is -2.36. The molecule has 4 rings (SSSR count). The molecule has 8 nitrogen and oxygen atoms in total. The number of amides is 1. The number of benzene rings is 1. The van der Waals surface area contributed by atoms with E-state index in [1.165, 1.54) is 10.4 Å². The number of aryl methyl sites for hydroxylation is 1. The van der Waals surface area contributed by atoms with Crippen molar-refractivity contribution in [2.24, 2.45) is 0 Å². The molecule has 8 heteroatoms. The van der Waals surface area contributed by atoms with Crippen molar-refractivity contribution in [3.05, 3.63) is 52.6 Å². The third-order valence-electron chi connectivity index (χ3n) is 5.54. The Kier molecular flexibility index (Phi) is 5.09. The topological polar surface area (TPSA) is 76.3 Å². The predicted octanol–water partition coefficient (Wildman–Crippen LogP) is 2.01. The van der Waals surface area contributed by atoms with Crippen molar-refractivity contribution in [2.45, 2.75) is 39.8 Å². The van der Waals surface area contributed by atoms with E-state index >= 15 is 0 Å². The molecule has 3 heterocycles. The number of aromatic nitrogens is 4. The molecule has 0 unspecified atom stereocenters. The van der Waals surface area contributed by atoms with Gasteiger partial charge in [-0.3, -0.25) is 14.3 Å². The van der Waals surface area contributed by atoms with Crippen LogP contribution in [-0.2, 0) is 16.9 Å². The summed E-state index contributed by atoms with van der Waals surface area (Å²) in [6.07, 6.45) is 1.68. The summed E-state index contributed by atoms with van der Waals surface area (Å²) in [4.78, 5) is 30.1. The fraction of sp³-hybridized carbons (Fsp3) is 0.455. The number of carbonyl (C=O) groups is 1. The maximum absolute atomic E-state index is 13.1. The first-order chi connectivity index (χ1) is 14.3. The zero-order valence-corrected chi connectivity index (χ0v) is 18.0. The Balaban J connectivity index is 1.53. The molecule has 158 valence electrons. The number of nitrogens with zero attached hydrogens (tertiary/aromatic N) is 6. The van der Waals surface area contributed by atoms with Gasteiger partial charge in [0.2, 0.25) is 5.91 Å². The van der Waals surface area contributed by atoms with Gasteiger partial charge in [0.15, 0.2) is 0 Å². The van der Waals surface area contributed by atoms with E-state index in [2.05, 4.69) is 27.2 Å². The summed E-state index contributed by atoms with van der Waals surface area (Å²) in [7, 11) is 0. The Labute approximate surface area is 175 Å². The van der Waals surface area contributed by atoms with Crippen molar-refractivity contribution in [1.29, 1.82) is 0 Å². The van der Waals surface area contributed by atoms with Crippen LogP contribution in [-0.4, -0.2) is 56.5 Å². The molecule has 1 amide bonds. The summed E-state index contributed by atoms with van der Waals surface area (Å²) in [6.45, 7) is 10.6. The maximum atomic E-state index is 13.1. The lowest BCUT2D eigenvalue weighted by molar-refractivity contribution is -0.132. The minimum Gasteiger partial charge on any atom is -0.368 e. The highest BCUT2D eigenvalue weighted by Gasteiger charge is 2.25. The highest BCUT2D eigenvalue weighted by molar-refractivity contribution is 5.81. The van der Waals surface area contributed by atoms with Crippen molar-refractivity contribution in [3.63, 3.8) is 0 Å². The van der Waals surface area contributed by atoms with E-state index in [4.69, 9.17) is 0 Å². The molecule has 2 aromatic heterocycles. The van der Waals surface area contributed by atoms with Gasteiger partial charge < -0.3 is 9.80 Å². The van der Waals surface area contributed by atoms with E-state index in [1.807, 2.05) is 50.8 Å². The SMILES string of the molecule is Cc1nn(CC(=O)N2CCN(c3ccccc3)CC2)c(=O)c2c1cnn2C(C)(C)C. The zero-order valence-electron chi connectivity index (χ0n) is 18.0. The van der Waals surface area contributed by atoms with Gasteiger partial charge in [-0.05, 0) is 39.8 Å². The van der Waals surface area contributed by atoms with Crippen LogP contribution in [0.3, 0.4) is 0 Å². The van der Waals surface area contributed by atoms with Crippen LogP contribution in [0.1, 0.15) is 26.5 Å². The molecule has 0 spiro atoms. The molecule has 0 saturated carbocycles. The van der Waals surface area contributed by atoms with E-state index in [0.29, 0.717) is 24.3 Å². The largest absolute Gasteiger partial charge is 0.368 e. The first-order valence-electron chi connectivity index (χ1n) is 10.3. The number of carbonyl (C=O) groups excluding carboxylic acids is 1. The minimum atomic E-state index is -0.343. The lowest BCUT2D eigenvalue weighted by Crippen LogP contribution is -2.50. The molecule has 1 aromatic carbocycles. The van der Waals surface area contributed by atoms with Gasteiger partial charge in [-0.1, -0.05) is 18.2 Å². The zero-order chi connectivity index (χ0) is 21.5.